The summed E-state index contributed by atoms with van der Waals surface area (Å²) in [5.74, 6) is -0.599. The summed E-state index contributed by atoms with van der Waals surface area (Å²) in [6, 6.07) is 16.8. The Morgan fingerprint density at radius 2 is 1.90 bits per heavy atom. The van der Waals surface area contributed by atoms with Crippen molar-refractivity contribution < 1.29 is 14.4 Å². The Morgan fingerprint density at radius 1 is 1.14 bits per heavy atom. The molecule has 0 aromatic heterocycles. The Bertz CT molecular complexity index is 882. The zero-order valence-corrected chi connectivity index (χ0v) is 16.9. The Morgan fingerprint density at radius 3 is 2.62 bits per heavy atom. The topological polar surface area (TPSA) is 78.5 Å². The lowest BCUT2D eigenvalue weighted by Gasteiger charge is -2.16. The van der Waals surface area contributed by atoms with Crippen LogP contribution in [0.15, 0.2) is 54.6 Å². The van der Waals surface area contributed by atoms with E-state index in [1.807, 2.05) is 68.4 Å². The van der Waals surface area contributed by atoms with Crippen molar-refractivity contribution in [2.24, 2.45) is 11.8 Å². The molecular weight excluding hydrogens is 366 g/mol. The van der Waals surface area contributed by atoms with E-state index in [0.29, 0.717) is 18.8 Å². The number of benzene rings is 2. The van der Waals surface area contributed by atoms with Crippen molar-refractivity contribution in [3.8, 4) is 0 Å². The lowest BCUT2D eigenvalue weighted by atomic mass is 10.1. The quantitative estimate of drug-likeness (QED) is 0.757. The van der Waals surface area contributed by atoms with Gasteiger partial charge in [0.25, 0.3) is 0 Å². The number of anilines is 2. The molecule has 152 valence electrons. The molecule has 1 aliphatic heterocycles. The molecule has 1 fully saturated rings. The third-order valence-electron chi connectivity index (χ3n) is 5.28. The van der Waals surface area contributed by atoms with Gasteiger partial charge in [-0.15, -0.1) is 0 Å². The second-order valence-electron chi connectivity index (χ2n) is 7.46. The van der Waals surface area contributed by atoms with Crippen molar-refractivity contribution in [2.45, 2.75) is 33.2 Å². The second kappa shape index (κ2) is 9.37. The van der Waals surface area contributed by atoms with Crippen molar-refractivity contribution in [3.05, 3.63) is 60.2 Å². The van der Waals surface area contributed by atoms with Crippen molar-refractivity contribution in [1.29, 1.82) is 0 Å². The lowest BCUT2D eigenvalue weighted by molar-refractivity contribution is -0.126. The minimum Gasteiger partial charge on any atom is -0.352 e. The Kier molecular flexibility index (Phi) is 6.65. The highest BCUT2D eigenvalue weighted by Gasteiger charge is 2.34. The van der Waals surface area contributed by atoms with Crippen LogP contribution in [0.2, 0.25) is 0 Å². The van der Waals surface area contributed by atoms with Crippen LogP contribution in [-0.2, 0) is 20.9 Å². The SMILES string of the molecule is CC[C@H](C)C(=O)Nc1cccc(CNC(=O)[C@H]2CC(=O)N(c3ccccc3)C2)c1. The van der Waals surface area contributed by atoms with E-state index in [2.05, 4.69) is 10.6 Å². The summed E-state index contributed by atoms with van der Waals surface area (Å²) in [5, 5.41) is 5.82. The summed E-state index contributed by atoms with van der Waals surface area (Å²) in [5.41, 5.74) is 2.43. The molecule has 2 N–H and O–H groups in total. The molecule has 0 saturated carbocycles. The monoisotopic (exact) mass is 393 g/mol. The molecule has 6 nitrogen and oxygen atoms in total. The van der Waals surface area contributed by atoms with Crippen molar-refractivity contribution in [3.63, 3.8) is 0 Å². The van der Waals surface area contributed by atoms with Crippen LogP contribution in [0.4, 0.5) is 11.4 Å². The summed E-state index contributed by atoms with van der Waals surface area (Å²) >= 11 is 0. The maximum absolute atomic E-state index is 12.6. The van der Waals surface area contributed by atoms with Gasteiger partial charge < -0.3 is 15.5 Å². The third-order valence-corrected chi connectivity index (χ3v) is 5.28. The van der Waals surface area contributed by atoms with E-state index in [9.17, 15) is 14.4 Å². The number of nitrogens with zero attached hydrogens (tertiary/aromatic N) is 1. The molecule has 1 saturated heterocycles. The second-order valence-corrected chi connectivity index (χ2v) is 7.46. The zero-order valence-electron chi connectivity index (χ0n) is 16.9. The van der Waals surface area contributed by atoms with Crippen LogP contribution in [-0.4, -0.2) is 24.3 Å². The van der Waals surface area contributed by atoms with Gasteiger partial charge in [-0.2, -0.15) is 0 Å². The van der Waals surface area contributed by atoms with Crippen LogP contribution in [0.1, 0.15) is 32.3 Å². The fraction of sp³-hybridized carbons (Fsp3) is 0.348. The molecule has 2 aromatic rings. The van der Waals surface area contributed by atoms with Gasteiger partial charge in [0.05, 0.1) is 5.92 Å². The van der Waals surface area contributed by atoms with Gasteiger partial charge in [0.1, 0.15) is 0 Å². The van der Waals surface area contributed by atoms with Gasteiger partial charge in [0, 0.05) is 36.8 Å². The molecular formula is C23H27N3O3. The maximum atomic E-state index is 12.6. The number of nitrogens with one attached hydrogen (secondary N) is 2. The summed E-state index contributed by atoms with van der Waals surface area (Å²) in [4.78, 5) is 38.6. The predicted molar refractivity (Wildman–Crippen MR) is 113 cm³/mol. The molecule has 0 bridgehead atoms. The number of amides is 3. The van der Waals surface area contributed by atoms with Gasteiger partial charge in [0.2, 0.25) is 17.7 Å². The molecule has 0 radical (unpaired) electrons. The van der Waals surface area contributed by atoms with Crippen LogP contribution in [0.5, 0.6) is 0 Å². The maximum Gasteiger partial charge on any atom is 0.227 e. The molecule has 2 aromatic carbocycles. The molecule has 0 spiro atoms. The van der Waals surface area contributed by atoms with Gasteiger partial charge in [-0.3, -0.25) is 14.4 Å². The molecule has 1 heterocycles. The summed E-state index contributed by atoms with van der Waals surface area (Å²) < 4.78 is 0. The van der Waals surface area contributed by atoms with Crippen molar-refractivity contribution >= 4 is 29.1 Å². The molecule has 0 aliphatic carbocycles. The van der Waals surface area contributed by atoms with Gasteiger partial charge >= 0.3 is 0 Å². The van der Waals surface area contributed by atoms with Crippen LogP contribution >= 0.6 is 0 Å². The van der Waals surface area contributed by atoms with Crippen LogP contribution < -0.4 is 15.5 Å². The summed E-state index contributed by atoms with van der Waals surface area (Å²) in [7, 11) is 0. The van der Waals surface area contributed by atoms with Gasteiger partial charge in [0.15, 0.2) is 0 Å². The van der Waals surface area contributed by atoms with E-state index >= 15 is 0 Å². The fourth-order valence-electron chi connectivity index (χ4n) is 3.28. The molecule has 3 amide bonds. The highest BCUT2D eigenvalue weighted by Crippen LogP contribution is 2.25. The first kappa shape index (κ1) is 20.6. The first-order chi connectivity index (χ1) is 14.0. The zero-order chi connectivity index (χ0) is 20.8. The average molecular weight is 393 g/mol. The van der Waals surface area contributed by atoms with Crippen molar-refractivity contribution in [2.75, 3.05) is 16.8 Å². The highest BCUT2D eigenvalue weighted by atomic mass is 16.2. The van der Waals surface area contributed by atoms with Gasteiger partial charge in [-0.1, -0.05) is 44.2 Å². The summed E-state index contributed by atoms with van der Waals surface area (Å²) in [6.45, 7) is 4.60. The first-order valence-corrected chi connectivity index (χ1v) is 10.0. The van der Waals surface area contributed by atoms with E-state index in [1.54, 1.807) is 4.90 Å². The Labute approximate surface area is 171 Å². The number of rotatable bonds is 7. The number of carbonyl (C=O) groups excluding carboxylic acids is 3. The molecule has 2 atom stereocenters. The average Bonchev–Trinajstić information content (AvgIpc) is 3.14. The highest BCUT2D eigenvalue weighted by molar-refractivity contribution is 6.00. The fourth-order valence-corrected chi connectivity index (χ4v) is 3.28. The lowest BCUT2D eigenvalue weighted by Crippen LogP contribution is -2.32. The smallest absolute Gasteiger partial charge is 0.227 e. The Balaban J connectivity index is 1.55. The number of hydrogen-bond donors (Lipinski definition) is 2. The first-order valence-electron chi connectivity index (χ1n) is 10.0. The van der Waals surface area contributed by atoms with Gasteiger partial charge in [-0.05, 0) is 36.2 Å². The van der Waals surface area contributed by atoms with Crippen LogP contribution in [0.3, 0.4) is 0 Å². The summed E-state index contributed by atoms with van der Waals surface area (Å²) in [6.07, 6.45) is 0.993. The predicted octanol–water partition coefficient (Wildman–Crippen LogP) is 3.34. The van der Waals surface area contributed by atoms with Crippen LogP contribution in [0.25, 0.3) is 0 Å². The molecule has 29 heavy (non-hydrogen) atoms. The molecule has 6 heteroatoms. The largest absolute Gasteiger partial charge is 0.352 e. The van der Waals surface area contributed by atoms with E-state index in [-0.39, 0.29) is 36.0 Å². The molecule has 0 unspecified atom stereocenters. The Hall–Kier alpha value is -3.15. The van der Waals surface area contributed by atoms with E-state index in [1.165, 1.54) is 0 Å². The number of hydrogen-bond acceptors (Lipinski definition) is 3. The molecule has 1 aliphatic rings. The normalized spacial score (nSPS) is 17.1. The standard InChI is InChI=1S/C23H27N3O3/c1-3-16(2)22(28)25-19-9-7-8-17(12-19)14-24-23(29)18-13-21(27)26(15-18)20-10-5-4-6-11-20/h4-12,16,18H,3,13-15H2,1-2H3,(H,24,29)(H,25,28)/t16-,18-/m0/s1. The number of para-hydroxylation sites is 1. The van der Waals surface area contributed by atoms with E-state index in [0.717, 1.165) is 17.7 Å². The van der Waals surface area contributed by atoms with Gasteiger partial charge in [-0.25, -0.2) is 0 Å². The van der Waals surface area contributed by atoms with E-state index in [4.69, 9.17) is 0 Å². The minimum absolute atomic E-state index is 0.0147. The third kappa shape index (κ3) is 5.22. The number of carbonyl (C=O) groups is 3. The minimum atomic E-state index is -0.365. The molecule has 3 rings (SSSR count). The van der Waals surface area contributed by atoms with Crippen LogP contribution in [0, 0.1) is 11.8 Å². The van der Waals surface area contributed by atoms with Crippen molar-refractivity contribution in [1.82, 2.24) is 5.32 Å². The van der Waals surface area contributed by atoms with E-state index < -0.39 is 0 Å².